The number of carbonyl (C=O) groups excluding carboxylic acids is 2. The molecule has 0 rings (SSSR count). The van der Waals surface area contributed by atoms with Gasteiger partial charge in [-0.25, -0.2) is 0 Å². The summed E-state index contributed by atoms with van der Waals surface area (Å²) in [5.74, 6) is -0.606. The summed E-state index contributed by atoms with van der Waals surface area (Å²) in [6.07, 6.45) is 1.13. The molecule has 0 aromatic heterocycles. The van der Waals surface area contributed by atoms with Gasteiger partial charge >= 0.3 is 0 Å². The van der Waals surface area contributed by atoms with Crippen molar-refractivity contribution >= 4 is 11.8 Å². The van der Waals surface area contributed by atoms with Gasteiger partial charge in [0.15, 0.2) is 0 Å². The van der Waals surface area contributed by atoms with Gasteiger partial charge in [-0.15, -0.1) is 0 Å². The molecular formula is C7H14N2O3. The molecule has 3 N–H and O–H groups in total. The minimum Gasteiger partial charge on any atom is -0.396 e. The number of rotatable bonds is 4. The molecule has 0 aromatic carbocycles. The molecule has 0 aromatic rings. The molecule has 0 aliphatic heterocycles. The normalized spacial score (nSPS) is 9.17. The second-order valence-corrected chi connectivity index (χ2v) is 2.32. The van der Waals surface area contributed by atoms with E-state index in [0.29, 0.717) is 6.42 Å². The van der Waals surface area contributed by atoms with Gasteiger partial charge in [0.25, 0.3) is 0 Å². The summed E-state index contributed by atoms with van der Waals surface area (Å²) >= 11 is 0. The highest BCUT2D eigenvalue weighted by atomic mass is 16.3. The molecule has 0 fully saturated rings. The number of hydrogen-bond donors (Lipinski definition) is 3. The highest BCUT2D eigenvalue weighted by Gasteiger charge is 2.01. The number of hydrogen-bond acceptors (Lipinski definition) is 3. The minimum absolute atomic E-state index is 0.00635. The van der Waals surface area contributed by atoms with Crippen LogP contribution in [0.4, 0.5) is 0 Å². The lowest BCUT2D eigenvalue weighted by Gasteiger charge is -2.04. The third kappa shape index (κ3) is 5.67. The van der Waals surface area contributed by atoms with Crippen LogP contribution in [-0.2, 0) is 9.59 Å². The Morgan fingerprint density at radius 1 is 1.17 bits per heavy atom. The Balaban J connectivity index is 3.40. The van der Waals surface area contributed by atoms with Crippen LogP contribution >= 0.6 is 0 Å². The second kappa shape index (κ2) is 6.60. The fourth-order valence-corrected chi connectivity index (χ4v) is 0.593. The molecule has 0 spiro atoms. The van der Waals surface area contributed by atoms with Gasteiger partial charge in [0.2, 0.25) is 11.8 Å². The lowest BCUT2D eigenvalue weighted by molar-refractivity contribution is -0.129. The van der Waals surface area contributed by atoms with Gasteiger partial charge in [-0.1, -0.05) is 6.92 Å². The zero-order chi connectivity index (χ0) is 9.40. The Morgan fingerprint density at radius 3 is 2.08 bits per heavy atom. The Hall–Kier alpha value is -1.10. The van der Waals surface area contributed by atoms with E-state index >= 15 is 0 Å². The Kier molecular flexibility index (Phi) is 6.00. The standard InChI is InChI=1S/C7H14N2O3/c1-2-3-6(11)8-9-7(12)4-5-10/h10H,2-5H2,1H3,(H,8,11)(H,9,12). The molecular weight excluding hydrogens is 160 g/mol. The maximum atomic E-state index is 10.8. The summed E-state index contributed by atoms with van der Waals surface area (Å²) in [7, 11) is 0. The number of aliphatic hydroxyl groups excluding tert-OH is 1. The van der Waals surface area contributed by atoms with Crippen LogP contribution in [0, 0.1) is 0 Å². The molecule has 0 unspecified atom stereocenters. The van der Waals surface area contributed by atoms with E-state index in [4.69, 9.17) is 5.11 Å². The topological polar surface area (TPSA) is 78.4 Å². The molecule has 0 heterocycles. The summed E-state index contributed by atoms with van der Waals surface area (Å²) in [6.45, 7) is 1.66. The molecule has 0 aliphatic carbocycles. The van der Waals surface area contributed by atoms with Gasteiger partial charge < -0.3 is 5.11 Å². The van der Waals surface area contributed by atoms with Crippen LogP contribution in [0.2, 0.25) is 0 Å². The maximum absolute atomic E-state index is 10.8. The third-order valence-corrected chi connectivity index (χ3v) is 1.16. The first-order valence-electron chi connectivity index (χ1n) is 3.89. The first-order chi connectivity index (χ1) is 5.70. The van der Waals surface area contributed by atoms with E-state index in [1.165, 1.54) is 0 Å². The second-order valence-electron chi connectivity index (χ2n) is 2.32. The lowest BCUT2D eigenvalue weighted by atomic mass is 10.3. The molecule has 5 heteroatoms. The van der Waals surface area contributed by atoms with Crippen molar-refractivity contribution in [1.82, 2.24) is 10.9 Å². The van der Waals surface area contributed by atoms with E-state index < -0.39 is 0 Å². The zero-order valence-electron chi connectivity index (χ0n) is 7.09. The Bertz CT molecular complexity index is 141. The maximum Gasteiger partial charge on any atom is 0.240 e. The average Bonchev–Trinajstić information content (AvgIpc) is 2.02. The van der Waals surface area contributed by atoms with Crippen molar-refractivity contribution in [3.8, 4) is 0 Å². The van der Waals surface area contributed by atoms with Crippen LogP contribution in [0.1, 0.15) is 26.2 Å². The van der Waals surface area contributed by atoms with Gasteiger partial charge in [0.1, 0.15) is 0 Å². The lowest BCUT2D eigenvalue weighted by Crippen LogP contribution is -2.41. The van der Waals surface area contributed by atoms with E-state index in [1.807, 2.05) is 6.92 Å². The summed E-state index contributed by atoms with van der Waals surface area (Å²) in [5, 5.41) is 8.33. The SMILES string of the molecule is CCCC(=O)NNC(=O)CCO. The number of amides is 2. The van der Waals surface area contributed by atoms with Gasteiger partial charge in [-0.2, -0.15) is 0 Å². The van der Waals surface area contributed by atoms with Gasteiger partial charge in [-0.05, 0) is 6.42 Å². The van der Waals surface area contributed by atoms with E-state index in [0.717, 1.165) is 6.42 Å². The molecule has 0 saturated carbocycles. The van der Waals surface area contributed by atoms with Crippen molar-refractivity contribution in [3.05, 3.63) is 0 Å². The number of aliphatic hydroxyl groups is 1. The van der Waals surface area contributed by atoms with Crippen LogP contribution in [-0.4, -0.2) is 23.5 Å². The van der Waals surface area contributed by atoms with Crippen molar-refractivity contribution in [2.24, 2.45) is 0 Å². The quantitative estimate of drug-likeness (QED) is 0.494. The van der Waals surface area contributed by atoms with Crippen molar-refractivity contribution in [2.45, 2.75) is 26.2 Å². The van der Waals surface area contributed by atoms with E-state index in [9.17, 15) is 9.59 Å². The van der Waals surface area contributed by atoms with Crippen molar-refractivity contribution in [1.29, 1.82) is 0 Å². The summed E-state index contributed by atoms with van der Waals surface area (Å²) < 4.78 is 0. The number of nitrogens with one attached hydrogen (secondary N) is 2. The van der Waals surface area contributed by atoms with Gasteiger partial charge in [-0.3, -0.25) is 20.4 Å². The smallest absolute Gasteiger partial charge is 0.240 e. The molecule has 0 bridgehead atoms. The monoisotopic (exact) mass is 174 g/mol. The van der Waals surface area contributed by atoms with E-state index in [2.05, 4.69) is 10.9 Å². The fraction of sp³-hybridized carbons (Fsp3) is 0.714. The zero-order valence-corrected chi connectivity index (χ0v) is 7.09. The number of carbonyl (C=O) groups is 2. The summed E-state index contributed by atoms with van der Waals surface area (Å²) in [4.78, 5) is 21.4. The fourth-order valence-electron chi connectivity index (χ4n) is 0.593. The molecule has 5 nitrogen and oxygen atoms in total. The molecule has 0 atom stereocenters. The third-order valence-electron chi connectivity index (χ3n) is 1.16. The molecule has 0 radical (unpaired) electrons. The van der Waals surface area contributed by atoms with Crippen molar-refractivity contribution in [2.75, 3.05) is 6.61 Å². The largest absolute Gasteiger partial charge is 0.396 e. The average molecular weight is 174 g/mol. The van der Waals surface area contributed by atoms with E-state index in [-0.39, 0.29) is 24.8 Å². The predicted octanol–water partition coefficient (Wildman–Crippen LogP) is -0.684. The molecule has 12 heavy (non-hydrogen) atoms. The van der Waals surface area contributed by atoms with Crippen LogP contribution in [0.5, 0.6) is 0 Å². The van der Waals surface area contributed by atoms with Crippen LogP contribution in [0.25, 0.3) is 0 Å². The van der Waals surface area contributed by atoms with Gasteiger partial charge in [0.05, 0.1) is 13.0 Å². The highest BCUT2D eigenvalue weighted by molar-refractivity contribution is 5.81. The van der Waals surface area contributed by atoms with Crippen LogP contribution in [0.15, 0.2) is 0 Å². The summed E-state index contributed by atoms with van der Waals surface area (Å²) in [6, 6.07) is 0. The van der Waals surface area contributed by atoms with Crippen molar-refractivity contribution in [3.63, 3.8) is 0 Å². The van der Waals surface area contributed by atoms with Gasteiger partial charge in [0, 0.05) is 6.42 Å². The van der Waals surface area contributed by atoms with Crippen molar-refractivity contribution < 1.29 is 14.7 Å². The molecule has 0 aliphatic rings. The molecule has 70 valence electrons. The number of hydrazine groups is 1. The molecule has 0 saturated heterocycles. The molecule has 2 amide bonds. The first-order valence-corrected chi connectivity index (χ1v) is 3.89. The van der Waals surface area contributed by atoms with E-state index in [1.54, 1.807) is 0 Å². The Labute approximate surface area is 71.1 Å². The Morgan fingerprint density at radius 2 is 1.67 bits per heavy atom. The minimum atomic E-state index is -0.387. The first kappa shape index (κ1) is 10.9. The van der Waals surface area contributed by atoms with Crippen LogP contribution < -0.4 is 10.9 Å². The highest BCUT2D eigenvalue weighted by Crippen LogP contribution is 1.83. The van der Waals surface area contributed by atoms with Crippen LogP contribution in [0.3, 0.4) is 0 Å². The summed E-state index contributed by atoms with van der Waals surface area (Å²) in [5.41, 5.74) is 4.39. The predicted molar refractivity (Wildman–Crippen MR) is 42.9 cm³/mol.